The molecule has 33 heavy (non-hydrogen) atoms. The summed E-state index contributed by atoms with van der Waals surface area (Å²) in [6, 6.07) is 26.5. The maximum absolute atomic E-state index is 11.1. The maximum Gasteiger partial charge on any atom is 0.0920 e. The van der Waals surface area contributed by atoms with Crippen molar-refractivity contribution in [3.63, 3.8) is 0 Å². The number of hydrogen-bond acceptors (Lipinski definition) is 3. The average Bonchev–Trinajstić information content (AvgIpc) is 2.85. The van der Waals surface area contributed by atoms with Crippen molar-refractivity contribution in [2.45, 2.75) is 37.3 Å². The summed E-state index contributed by atoms with van der Waals surface area (Å²) in [5.41, 5.74) is 2.81. The smallest absolute Gasteiger partial charge is 0.0920 e. The molecule has 1 unspecified atom stereocenters. The monoisotopic (exact) mass is 482 g/mol. The largest absolute Gasteiger partial charge is 0.385 e. The summed E-state index contributed by atoms with van der Waals surface area (Å²) >= 11 is 12.5. The van der Waals surface area contributed by atoms with E-state index in [0.717, 1.165) is 57.5 Å². The zero-order chi connectivity index (χ0) is 23.1. The Morgan fingerprint density at radius 3 is 2.21 bits per heavy atom. The van der Waals surface area contributed by atoms with Crippen molar-refractivity contribution in [2.24, 2.45) is 0 Å². The Hall–Kier alpha value is -1.88. The van der Waals surface area contributed by atoms with Crippen LogP contribution in [0.3, 0.4) is 0 Å². The highest BCUT2D eigenvalue weighted by Crippen LogP contribution is 2.33. The first-order valence-electron chi connectivity index (χ1n) is 11.7. The Labute approximate surface area is 207 Å². The minimum absolute atomic E-state index is 0.332. The van der Waals surface area contributed by atoms with Crippen LogP contribution in [-0.4, -0.2) is 36.2 Å². The first kappa shape index (κ1) is 24.3. The Morgan fingerprint density at radius 1 is 0.879 bits per heavy atom. The van der Waals surface area contributed by atoms with Crippen molar-refractivity contribution in [3.05, 3.63) is 106 Å². The molecule has 0 saturated carbocycles. The zero-order valence-corrected chi connectivity index (χ0v) is 20.4. The van der Waals surface area contributed by atoms with E-state index in [1.807, 2.05) is 48.5 Å². The second-order valence-electron chi connectivity index (χ2n) is 9.01. The van der Waals surface area contributed by atoms with Gasteiger partial charge in [0.2, 0.25) is 0 Å². The van der Waals surface area contributed by atoms with Crippen LogP contribution in [0.5, 0.6) is 0 Å². The normalized spacial score (nSPS) is 17.1. The summed E-state index contributed by atoms with van der Waals surface area (Å²) in [7, 11) is 0. The van der Waals surface area contributed by atoms with Crippen LogP contribution in [0.15, 0.2) is 78.9 Å². The third-order valence-corrected chi connectivity index (χ3v) is 7.50. The molecule has 1 heterocycles. The van der Waals surface area contributed by atoms with E-state index in [1.54, 1.807) is 0 Å². The molecule has 3 aromatic rings. The van der Waals surface area contributed by atoms with Crippen molar-refractivity contribution in [1.29, 1.82) is 0 Å². The third kappa shape index (κ3) is 6.59. The van der Waals surface area contributed by atoms with Crippen LogP contribution in [0.2, 0.25) is 10.0 Å². The number of benzene rings is 3. The average molecular weight is 483 g/mol. The molecule has 0 spiro atoms. The molecule has 0 bridgehead atoms. The summed E-state index contributed by atoms with van der Waals surface area (Å²) in [6.07, 6.45) is 2.55. The van der Waals surface area contributed by atoms with E-state index in [0.29, 0.717) is 16.0 Å². The van der Waals surface area contributed by atoms with Crippen LogP contribution < -0.4 is 5.32 Å². The molecule has 174 valence electrons. The van der Waals surface area contributed by atoms with Gasteiger partial charge in [-0.25, -0.2) is 0 Å². The summed E-state index contributed by atoms with van der Waals surface area (Å²) < 4.78 is 0. The predicted molar refractivity (Wildman–Crippen MR) is 138 cm³/mol. The minimum atomic E-state index is -0.710. The molecule has 1 atom stereocenters. The van der Waals surface area contributed by atoms with Gasteiger partial charge in [-0.1, -0.05) is 89.9 Å². The molecule has 0 radical (unpaired) electrons. The topological polar surface area (TPSA) is 35.5 Å². The van der Waals surface area contributed by atoms with Crippen LogP contribution in [0.4, 0.5) is 0 Å². The number of likely N-dealkylation sites (tertiary alicyclic amines) is 1. The van der Waals surface area contributed by atoms with Crippen LogP contribution in [-0.2, 0) is 12.1 Å². The summed E-state index contributed by atoms with van der Waals surface area (Å²) in [5.74, 6) is 0.332. The van der Waals surface area contributed by atoms with Gasteiger partial charge in [0.1, 0.15) is 0 Å². The fourth-order valence-corrected chi connectivity index (χ4v) is 4.97. The fourth-order valence-electron chi connectivity index (χ4n) is 4.66. The lowest BCUT2D eigenvalue weighted by atomic mass is 9.84. The van der Waals surface area contributed by atoms with E-state index in [-0.39, 0.29) is 0 Å². The van der Waals surface area contributed by atoms with Crippen molar-refractivity contribution in [1.82, 2.24) is 10.2 Å². The van der Waals surface area contributed by atoms with Gasteiger partial charge in [-0.15, -0.1) is 0 Å². The second kappa shape index (κ2) is 11.5. The van der Waals surface area contributed by atoms with E-state index >= 15 is 0 Å². The highest BCUT2D eigenvalue weighted by atomic mass is 35.5. The van der Waals surface area contributed by atoms with Gasteiger partial charge in [0.05, 0.1) is 15.6 Å². The quantitative estimate of drug-likeness (QED) is 0.378. The van der Waals surface area contributed by atoms with Crippen molar-refractivity contribution in [2.75, 3.05) is 26.2 Å². The highest BCUT2D eigenvalue weighted by molar-refractivity contribution is 6.42. The van der Waals surface area contributed by atoms with Crippen molar-refractivity contribution >= 4 is 23.2 Å². The maximum atomic E-state index is 11.1. The molecule has 0 aliphatic carbocycles. The second-order valence-corrected chi connectivity index (χ2v) is 9.83. The van der Waals surface area contributed by atoms with Crippen LogP contribution >= 0.6 is 23.2 Å². The number of piperidine rings is 1. The molecule has 1 aliphatic rings. The molecular formula is C28H32Cl2N2O. The Morgan fingerprint density at radius 2 is 1.55 bits per heavy atom. The summed E-state index contributed by atoms with van der Waals surface area (Å²) in [6.45, 7) is 4.50. The molecule has 5 heteroatoms. The van der Waals surface area contributed by atoms with E-state index in [2.05, 4.69) is 40.5 Å². The fraction of sp³-hybridized carbons (Fsp3) is 0.357. The van der Waals surface area contributed by atoms with Crippen molar-refractivity contribution in [3.8, 4) is 0 Å². The molecule has 4 rings (SSSR count). The highest BCUT2D eigenvalue weighted by Gasteiger charge is 2.33. The number of nitrogens with one attached hydrogen (secondary N) is 1. The third-order valence-electron chi connectivity index (χ3n) is 6.77. The lowest BCUT2D eigenvalue weighted by Crippen LogP contribution is -2.43. The summed E-state index contributed by atoms with van der Waals surface area (Å²) in [4.78, 5) is 2.47. The Bertz CT molecular complexity index is 1000. The molecule has 2 N–H and O–H groups in total. The van der Waals surface area contributed by atoms with Crippen LogP contribution in [0.1, 0.15) is 41.9 Å². The van der Waals surface area contributed by atoms with Crippen LogP contribution in [0.25, 0.3) is 0 Å². The first-order valence-corrected chi connectivity index (χ1v) is 12.5. The molecular weight excluding hydrogens is 451 g/mol. The van der Waals surface area contributed by atoms with Gasteiger partial charge in [0.25, 0.3) is 0 Å². The van der Waals surface area contributed by atoms with E-state index < -0.39 is 5.60 Å². The van der Waals surface area contributed by atoms with Crippen LogP contribution in [0, 0.1) is 0 Å². The van der Waals surface area contributed by atoms with E-state index in [1.165, 1.54) is 11.1 Å². The van der Waals surface area contributed by atoms with Crippen molar-refractivity contribution < 1.29 is 5.11 Å². The molecule has 1 fully saturated rings. The SMILES string of the molecule is OC1(c2ccccc2)CCN(CCC(CNCc2ccccc2)c2ccc(Cl)c(Cl)c2)CC1. The van der Waals surface area contributed by atoms with Gasteiger partial charge in [-0.3, -0.25) is 0 Å². The number of rotatable bonds is 9. The van der Waals surface area contributed by atoms with Gasteiger partial charge in [-0.05, 0) is 60.5 Å². The Balaban J connectivity index is 1.35. The molecule has 3 aromatic carbocycles. The van der Waals surface area contributed by atoms with Gasteiger partial charge >= 0.3 is 0 Å². The van der Waals surface area contributed by atoms with Gasteiger partial charge in [0.15, 0.2) is 0 Å². The van der Waals surface area contributed by atoms with Gasteiger partial charge in [0, 0.05) is 26.2 Å². The summed E-state index contributed by atoms with van der Waals surface area (Å²) in [5, 5.41) is 16.0. The molecule has 1 saturated heterocycles. The van der Waals surface area contributed by atoms with Gasteiger partial charge < -0.3 is 15.3 Å². The number of halogens is 2. The molecule has 1 aliphatic heterocycles. The number of nitrogens with zero attached hydrogens (tertiary/aromatic N) is 1. The minimum Gasteiger partial charge on any atom is -0.385 e. The first-order chi connectivity index (χ1) is 16.0. The van der Waals surface area contributed by atoms with Gasteiger partial charge in [-0.2, -0.15) is 0 Å². The molecule has 0 amide bonds. The molecule has 0 aromatic heterocycles. The van der Waals surface area contributed by atoms with E-state index in [9.17, 15) is 5.11 Å². The zero-order valence-electron chi connectivity index (χ0n) is 18.9. The predicted octanol–water partition coefficient (Wildman–Crippen LogP) is 6.24. The van der Waals surface area contributed by atoms with E-state index in [4.69, 9.17) is 23.2 Å². The number of hydrogen-bond donors (Lipinski definition) is 2. The lowest BCUT2D eigenvalue weighted by molar-refractivity contribution is -0.0263. The Kier molecular flexibility index (Phi) is 8.45. The lowest BCUT2D eigenvalue weighted by Gasteiger charge is -2.39. The molecule has 3 nitrogen and oxygen atoms in total. The number of aliphatic hydroxyl groups is 1. The standard InChI is InChI=1S/C28H32Cl2N2O/c29-26-12-11-23(19-27(26)30)24(21-31-20-22-7-3-1-4-8-22)13-16-32-17-14-28(33,15-18-32)25-9-5-2-6-10-25/h1-12,19,24,31,33H,13-18,20-21H2.